The molecule has 86 valence electrons. The van der Waals surface area contributed by atoms with E-state index in [1.807, 2.05) is 0 Å². The second-order valence-electron chi connectivity index (χ2n) is 3.89. The van der Waals surface area contributed by atoms with Crippen molar-refractivity contribution in [3.63, 3.8) is 0 Å². The molecule has 0 atom stereocenters. The van der Waals surface area contributed by atoms with E-state index < -0.39 is 10.8 Å². The smallest absolute Gasteiger partial charge is 0.220 e. The number of nitrogens with one attached hydrogen (secondary N) is 1. The average molecular weight is 231 g/mol. The summed E-state index contributed by atoms with van der Waals surface area (Å²) < 4.78 is 11.1. The van der Waals surface area contributed by atoms with Crippen LogP contribution in [0.4, 0.5) is 0 Å². The van der Waals surface area contributed by atoms with Gasteiger partial charge in [-0.05, 0) is 19.8 Å². The van der Waals surface area contributed by atoms with E-state index in [1.165, 1.54) is 6.92 Å². The molecule has 0 saturated carbocycles. The number of carbonyl (C=O) groups excluding carboxylic acids is 2. The molecule has 0 aromatic heterocycles. The van der Waals surface area contributed by atoms with Crippen LogP contribution in [0, 0.1) is 0 Å². The number of amides is 1. The molecule has 0 spiro atoms. The van der Waals surface area contributed by atoms with E-state index in [0.29, 0.717) is 17.9 Å². The van der Waals surface area contributed by atoms with Crippen LogP contribution in [0.1, 0.15) is 32.6 Å². The molecule has 4 nitrogen and oxygen atoms in total. The van der Waals surface area contributed by atoms with Crippen molar-refractivity contribution in [1.29, 1.82) is 0 Å². The maximum atomic E-state index is 11.4. The number of hydrogen-bond donors (Lipinski definition) is 1. The summed E-state index contributed by atoms with van der Waals surface area (Å²) in [6.45, 7) is 1.48. The van der Waals surface area contributed by atoms with Gasteiger partial charge >= 0.3 is 0 Å². The minimum Gasteiger partial charge on any atom is -0.353 e. The van der Waals surface area contributed by atoms with Gasteiger partial charge in [-0.2, -0.15) is 0 Å². The predicted molar refractivity (Wildman–Crippen MR) is 59.0 cm³/mol. The van der Waals surface area contributed by atoms with Crippen molar-refractivity contribution in [3.8, 4) is 0 Å². The van der Waals surface area contributed by atoms with Crippen LogP contribution in [0.3, 0.4) is 0 Å². The Kier molecular flexibility index (Phi) is 4.94. The number of ketones is 1. The van der Waals surface area contributed by atoms with Gasteiger partial charge in [0.25, 0.3) is 0 Å². The Bertz CT molecular complexity index is 268. The van der Waals surface area contributed by atoms with Gasteiger partial charge in [-0.25, -0.2) is 0 Å². The van der Waals surface area contributed by atoms with Crippen molar-refractivity contribution < 1.29 is 13.8 Å². The van der Waals surface area contributed by atoms with E-state index in [2.05, 4.69) is 5.32 Å². The SMILES string of the molecule is CC(=O)CCC(=O)NC1CCS(=O)CC1. The van der Waals surface area contributed by atoms with Crippen LogP contribution >= 0.6 is 0 Å². The fourth-order valence-corrected chi connectivity index (χ4v) is 2.83. The van der Waals surface area contributed by atoms with Crippen molar-refractivity contribution in [2.45, 2.75) is 38.6 Å². The van der Waals surface area contributed by atoms with Crippen LogP contribution in [0.2, 0.25) is 0 Å². The lowest BCUT2D eigenvalue weighted by Crippen LogP contribution is -2.39. The molecule has 1 fully saturated rings. The molecule has 1 aliphatic rings. The Morgan fingerprint density at radius 1 is 1.27 bits per heavy atom. The second-order valence-corrected chi connectivity index (χ2v) is 5.59. The third-order valence-corrected chi connectivity index (χ3v) is 3.84. The number of carbonyl (C=O) groups is 2. The Morgan fingerprint density at radius 3 is 2.40 bits per heavy atom. The van der Waals surface area contributed by atoms with Gasteiger partial charge in [-0.3, -0.25) is 9.00 Å². The van der Waals surface area contributed by atoms with Crippen LogP contribution in [-0.4, -0.2) is 33.4 Å². The molecule has 0 bridgehead atoms. The van der Waals surface area contributed by atoms with Crippen molar-refractivity contribution in [2.75, 3.05) is 11.5 Å². The highest BCUT2D eigenvalue weighted by atomic mass is 32.2. The summed E-state index contributed by atoms with van der Waals surface area (Å²) in [5.41, 5.74) is 0. The van der Waals surface area contributed by atoms with Gasteiger partial charge in [0.05, 0.1) is 0 Å². The molecule has 1 rings (SSSR count). The molecule has 1 saturated heterocycles. The maximum absolute atomic E-state index is 11.4. The van der Waals surface area contributed by atoms with Crippen molar-refractivity contribution >= 4 is 22.5 Å². The zero-order valence-corrected chi connectivity index (χ0v) is 9.77. The average Bonchev–Trinajstić information content (AvgIpc) is 2.19. The first kappa shape index (κ1) is 12.4. The summed E-state index contributed by atoms with van der Waals surface area (Å²) in [5, 5.41) is 2.87. The quantitative estimate of drug-likeness (QED) is 0.761. The standard InChI is InChI=1S/C10H17NO3S/c1-8(12)2-3-10(13)11-9-4-6-15(14)7-5-9/h9H,2-7H2,1H3,(H,11,13). The molecule has 0 unspecified atom stereocenters. The van der Waals surface area contributed by atoms with E-state index in [0.717, 1.165) is 12.8 Å². The number of Topliss-reactive ketones (excluding diaryl/α,β-unsaturated/α-hetero) is 1. The van der Waals surface area contributed by atoms with Crippen LogP contribution < -0.4 is 5.32 Å². The Hall–Kier alpha value is -0.710. The molecule has 1 N–H and O–H groups in total. The largest absolute Gasteiger partial charge is 0.353 e. The number of hydrogen-bond acceptors (Lipinski definition) is 3. The van der Waals surface area contributed by atoms with Crippen molar-refractivity contribution in [1.82, 2.24) is 5.32 Å². The molecule has 1 amide bonds. The highest BCUT2D eigenvalue weighted by Crippen LogP contribution is 2.09. The lowest BCUT2D eigenvalue weighted by molar-refractivity contribution is -0.125. The lowest BCUT2D eigenvalue weighted by atomic mass is 10.1. The van der Waals surface area contributed by atoms with Crippen molar-refractivity contribution in [3.05, 3.63) is 0 Å². The third kappa shape index (κ3) is 5.06. The first-order valence-corrected chi connectivity index (χ1v) is 6.70. The van der Waals surface area contributed by atoms with Gasteiger partial charge in [-0.1, -0.05) is 0 Å². The normalized spacial score (nSPS) is 25.9. The molecule has 15 heavy (non-hydrogen) atoms. The minimum absolute atomic E-state index is 0.0369. The minimum atomic E-state index is -0.692. The first-order valence-electron chi connectivity index (χ1n) is 5.21. The van der Waals surface area contributed by atoms with E-state index >= 15 is 0 Å². The van der Waals surface area contributed by atoms with E-state index in [4.69, 9.17) is 0 Å². The Labute approximate surface area is 92.3 Å². The lowest BCUT2D eigenvalue weighted by Gasteiger charge is -2.22. The van der Waals surface area contributed by atoms with E-state index in [1.54, 1.807) is 0 Å². The summed E-state index contributed by atoms with van der Waals surface area (Å²) in [4.78, 5) is 22.0. The van der Waals surface area contributed by atoms with Gasteiger partial charge < -0.3 is 10.1 Å². The fraction of sp³-hybridized carbons (Fsp3) is 0.800. The first-order chi connectivity index (χ1) is 7.08. The summed E-state index contributed by atoms with van der Waals surface area (Å²) >= 11 is 0. The zero-order chi connectivity index (χ0) is 11.3. The molecule has 0 aromatic rings. The van der Waals surface area contributed by atoms with Crippen LogP contribution in [0.25, 0.3) is 0 Å². The number of rotatable bonds is 4. The highest BCUT2D eigenvalue weighted by Gasteiger charge is 2.19. The summed E-state index contributed by atoms with van der Waals surface area (Å²) in [6, 6.07) is 0.155. The summed E-state index contributed by atoms with van der Waals surface area (Å²) in [6.07, 6.45) is 2.16. The van der Waals surface area contributed by atoms with Gasteiger partial charge in [0.15, 0.2) is 0 Å². The molecular weight excluding hydrogens is 214 g/mol. The van der Waals surface area contributed by atoms with Gasteiger partial charge in [-0.15, -0.1) is 0 Å². The highest BCUT2D eigenvalue weighted by molar-refractivity contribution is 7.85. The van der Waals surface area contributed by atoms with Gasteiger partial charge in [0, 0.05) is 41.2 Å². The topological polar surface area (TPSA) is 63.2 Å². The van der Waals surface area contributed by atoms with Gasteiger partial charge in [0.1, 0.15) is 5.78 Å². The summed E-state index contributed by atoms with van der Waals surface area (Å²) in [5.74, 6) is 1.33. The molecule has 0 aliphatic carbocycles. The Balaban J connectivity index is 2.20. The molecule has 1 heterocycles. The summed E-state index contributed by atoms with van der Waals surface area (Å²) in [7, 11) is -0.692. The van der Waals surface area contributed by atoms with Crippen LogP contribution in [0.15, 0.2) is 0 Å². The fourth-order valence-electron chi connectivity index (χ4n) is 1.53. The molecular formula is C10H17NO3S. The van der Waals surface area contributed by atoms with Crippen LogP contribution in [0.5, 0.6) is 0 Å². The molecule has 0 radical (unpaired) electrons. The molecule has 1 aliphatic heterocycles. The second kappa shape index (κ2) is 6.00. The predicted octanol–water partition coefficient (Wildman–Crippen LogP) is 0.383. The van der Waals surface area contributed by atoms with Crippen molar-refractivity contribution in [2.24, 2.45) is 0 Å². The third-order valence-electron chi connectivity index (χ3n) is 2.46. The van der Waals surface area contributed by atoms with Gasteiger partial charge in [0.2, 0.25) is 5.91 Å². The maximum Gasteiger partial charge on any atom is 0.220 e. The van der Waals surface area contributed by atoms with Crippen LogP contribution in [-0.2, 0) is 20.4 Å². The Morgan fingerprint density at radius 2 is 1.87 bits per heavy atom. The van der Waals surface area contributed by atoms with E-state index in [-0.39, 0.29) is 24.2 Å². The molecule has 5 heteroatoms. The monoisotopic (exact) mass is 231 g/mol. The zero-order valence-electron chi connectivity index (χ0n) is 8.95. The molecule has 0 aromatic carbocycles. The van der Waals surface area contributed by atoms with E-state index in [9.17, 15) is 13.8 Å².